The molecule has 0 radical (unpaired) electrons. The smallest absolute Gasteiger partial charge is 0.320 e. The monoisotopic (exact) mass is 185 g/mol. The molecule has 76 valence electrons. The summed E-state index contributed by atoms with van der Waals surface area (Å²) in [6, 6.07) is -0.0425. The van der Waals surface area contributed by atoms with Gasteiger partial charge in [0.1, 0.15) is 6.04 Å². The minimum atomic E-state index is -0.699. The minimum absolute atomic E-state index is 0.279. The molecule has 0 heterocycles. The molecule has 3 nitrogen and oxygen atoms in total. The van der Waals surface area contributed by atoms with E-state index in [-0.39, 0.29) is 12.1 Å². The third kappa shape index (κ3) is 2.99. The van der Waals surface area contributed by atoms with Crippen LogP contribution < -0.4 is 5.32 Å². The lowest BCUT2D eigenvalue weighted by molar-refractivity contribution is -0.140. The van der Waals surface area contributed by atoms with Crippen molar-refractivity contribution in [3.8, 4) is 0 Å². The van der Waals surface area contributed by atoms with Crippen molar-refractivity contribution < 1.29 is 9.90 Å². The Balaban J connectivity index is 2.42. The highest BCUT2D eigenvalue weighted by molar-refractivity contribution is 5.74. The zero-order chi connectivity index (χ0) is 10.0. The molecule has 1 aliphatic rings. The van der Waals surface area contributed by atoms with Gasteiger partial charge in [-0.3, -0.25) is 4.79 Å². The lowest BCUT2D eigenvalue weighted by Crippen LogP contribution is -2.45. The van der Waals surface area contributed by atoms with Gasteiger partial charge < -0.3 is 10.4 Å². The summed E-state index contributed by atoms with van der Waals surface area (Å²) in [7, 11) is 0. The highest BCUT2D eigenvalue weighted by Crippen LogP contribution is 2.33. The van der Waals surface area contributed by atoms with Gasteiger partial charge in [0.2, 0.25) is 0 Å². The summed E-state index contributed by atoms with van der Waals surface area (Å²) in [5, 5.41) is 12.1. The van der Waals surface area contributed by atoms with Crippen LogP contribution in [0.1, 0.15) is 33.6 Å². The summed E-state index contributed by atoms with van der Waals surface area (Å²) in [6.45, 7) is 6.25. The predicted molar refractivity (Wildman–Crippen MR) is 51.6 cm³/mol. The predicted octanol–water partition coefficient (Wildman–Crippen LogP) is 1.48. The molecular weight excluding hydrogens is 166 g/mol. The Labute approximate surface area is 79.5 Å². The zero-order valence-corrected chi connectivity index (χ0v) is 8.58. The maximum absolute atomic E-state index is 10.9. The summed E-state index contributed by atoms with van der Waals surface area (Å²) < 4.78 is 0. The lowest BCUT2D eigenvalue weighted by Gasteiger charge is -2.22. The van der Waals surface area contributed by atoms with Crippen molar-refractivity contribution in [3.05, 3.63) is 0 Å². The van der Waals surface area contributed by atoms with E-state index in [4.69, 9.17) is 5.11 Å². The highest BCUT2D eigenvalue weighted by Gasteiger charge is 2.36. The second-order valence-corrected chi connectivity index (χ2v) is 4.35. The summed E-state index contributed by atoms with van der Waals surface area (Å²) in [6.07, 6.45) is 2.13. The number of hydrogen-bond acceptors (Lipinski definition) is 2. The van der Waals surface area contributed by atoms with Gasteiger partial charge in [-0.1, -0.05) is 13.8 Å². The third-order valence-corrected chi connectivity index (χ3v) is 2.80. The first-order chi connectivity index (χ1) is 6.02. The zero-order valence-electron chi connectivity index (χ0n) is 8.58. The number of nitrogens with one attached hydrogen (secondary N) is 1. The highest BCUT2D eigenvalue weighted by atomic mass is 16.4. The molecule has 2 N–H and O–H groups in total. The molecule has 0 amide bonds. The van der Waals surface area contributed by atoms with Crippen molar-refractivity contribution in [2.45, 2.75) is 45.7 Å². The van der Waals surface area contributed by atoms with Crippen LogP contribution in [0.3, 0.4) is 0 Å². The fourth-order valence-electron chi connectivity index (χ4n) is 1.31. The average Bonchev–Trinajstić information content (AvgIpc) is 2.81. The molecule has 0 aliphatic heterocycles. The van der Waals surface area contributed by atoms with Crippen molar-refractivity contribution in [1.82, 2.24) is 5.32 Å². The Hall–Kier alpha value is -0.570. The van der Waals surface area contributed by atoms with Gasteiger partial charge in [-0.15, -0.1) is 0 Å². The van der Waals surface area contributed by atoms with Crippen molar-refractivity contribution in [1.29, 1.82) is 0 Å². The molecule has 1 fully saturated rings. The van der Waals surface area contributed by atoms with Crippen LogP contribution in [-0.4, -0.2) is 23.2 Å². The summed E-state index contributed by atoms with van der Waals surface area (Å²) >= 11 is 0. The molecule has 0 spiro atoms. The largest absolute Gasteiger partial charge is 0.480 e. The van der Waals surface area contributed by atoms with Crippen LogP contribution in [0, 0.1) is 11.8 Å². The van der Waals surface area contributed by atoms with Gasteiger partial charge in [-0.25, -0.2) is 0 Å². The quantitative estimate of drug-likeness (QED) is 0.682. The van der Waals surface area contributed by atoms with Crippen molar-refractivity contribution in [3.63, 3.8) is 0 Å². The van der Waals surface area contributed by atoms with E-state index < -0.39 is 5.97 Å². The lowest BCUT2D eigenvalue weighted by atomic mass is 10.0. The van der Waals surface area contributed by atoms with Crippen molar-refractivity contribution in [2.75, 3.05) is 0 Å². The van der Waals surface area contributed by atoms with E-state index in [1.807, 2.05) is 6.92 Å². The maximum atomic E-state index is 10.9. The van der Waals surface area contributed by atoms with Crippen LogP contribution in [0.5, 0.6) is 0 Å². The molecule has 0 aromatic carbocycles. The number of hydrogen-bond donors (Lipinski definition) is 2. The van der Waals surface area contributed by atoms with E-state index in [0.717, 1.165) is 12.8 Å². The summed E-state index contributed by atoms with van der Waals surface area (Å²) in [5.41, 5.74) is 0. The van der Waals surface area contributed by atoms with Gasteiger partial charge in [-0.2, -0.15) is 0 Å². The number of aliphatic carboxylic acids is 1. The number of carboxylic acid groups (broad SMARTS) is 1. The molecule has 2 atom stereocenters. The van der Waals surface area contributed by atoms with Crippen LogP contribution in [0.15, 0.2) is 0 Å². The Kier molecular flexibility index (Phi) is 3.31. The van der Waals surface area contributed by atoms with E-state index in [9.17, 15) is 4.79 Å². The number of carboxylic acids is 1. The van der Waals surface area contributed by atoms with Gasteiger partial charge in [0.05, 0.1) is 0 Å². The van der Waals surface area contributed by atoms with Gasteiger partial charge >= 0.3 is 5.97 Å². The molecule has 13 heavy (non-hydrogen) atoms. The van der Waals surface area contributed by atoms with Gasteiger partial charge in [0.15, 0.2) is 0 Å². The maximum Gasteiger partial charge on any atom is 0.320 e. The summed E-state index contributed by atoms with van der Waals surface area (Å²) in [4.78, 5) is 10.9. The molecule has 1 aliphatic carbocycles. The first kappa shape index (κ1) is 10.5. The Morgan fingerprint density at radius 3 is 2.23 bits per heavy atom. The Morgan fingerprint density at radius 1 is 1.38 bits per heavy atom. The number of rotatable bonds is 5. The molecule has 0 aromatic rings. The fraction of sp³-hybridized carbons (Fsp3) is 0.900. The van der Waals surface area contributed by atoms with Crippen LogP contribution in [0.4, 0.5) is 0 Å². The van der Waals surface area contributed by atoms with Gasteiger partial charge in [-0.05, 0) is 31.6 Å². The van der Waals surface area contributed by atoms with Crippen LogP contribution in [0.25, 0.3) is 0 Å². The average molecular weight is 185 g/mol. The normalized spacial score (nSPS) is 21.5. The SMILES string of the molecule is CC(C)C(C)NC(C(=O)O)C1CC1. The molecule has 0 saturated heterocycles. The fourth-order valence-corrected chi connectivity index (χ4v) is 1.31. The molecule has 2 unspecified atom stereocenters. The second kappa shape index (κ2) is 4.09. The van der Waals surface area contributed by atoms with Crippen molar-refractivity contribution in [2.24, 2.45) is 11.8 Å². The van der Waals surface area contributed by atoms with Gasteiger partial charge in [0, 0.05) is 6.04 Å². The molecule has 1 rings (SSSR count). The Morgan fingerprint density at radius 2 is 1.92 bits per heavy atom. The van der Waals surface area contributed by atoms with E-state index >= 15 is 0 Å². The van der Waals surface area contributed by atoms with Gasteiger partial charge in [0.25, 0.3) is 0 Å². The van der Waals surface area contributed by atoms with Crippen LogP contribution in [-0.2, 0) is 4.79 Å². The molecular formula is C10H19NO2. The first-order valence-corrected chi connectivity index (χ1v) is 5.01. The van der Waals surface area contributed by atoms with E-state index in [1.165, 1.54) is 0 Å². The third-order valence-electron chi connectivity index (χ3n) is 2.80. The topological polar surface area (TPSA) is 49.3 Å². The van der Waals surface area contributed by atoms with Crippen molar-refractivity contribution >= 4 is 5.97 Å². The molecule has 0 bridgehead atoms. The van der Waals surface area contributed by atoms with E-state index in [0.29, 0.717) is 11.8 Å². The molecule has 0 aromatic heterocycles. The van der Waals surface area contributed by atoms with E-state index in [1.54, 1.807) is 0 Å². The number of carbonyl (C=O) groups is 1. The molecule has 3 heteroatoms. The van der Waals surface area contributed by atoms with Crippen LogP contribution >= 0.6 is 0 Å². The molecule has 1 saturated carbocycles. The standard InChI is InChI=1S/C10H19NO2/c1-6(2)7(3)11-9(10(12)13)8-4-5-8/h6-9,11H,4-5H2,1-3H3,(H,12,13). The first-order valence-electron chi connectivity index (χ1n) is 5.01. The summed E-state index contributed by atoms with van der Waals surface area (Å²) in [5.74, 6) is 0.161. The van der Waals surface area contributed by atoms with Crippen LogP contribution in [0.2, 0.25) is 0 Å². The minimum Gasteiger partial charge on any atom is -0.480 e. The Bertz CT molecular complexity index is 187. The second-order valence-electron chi connectivity index (χ2n) is 4.35. The van der Waals surface area contributed by atoms with E-state index in [2.05, 4.69) is 19.2 Å².